The van der Waals surface area contributed by atoms with Gasteiger partial charge in [0, 0.05) is 5.75 Å². The summed E-state index contributed by atoms with van der Waals surface area (Å²) in [6.07, 6.45) is 1.78. The van der Waals surface area contributed by atoms with Crippen molar-refractivity contribution in [2.24, 2.45) is 0 Å². The number of carbonyl (C=O) groups excluding carboxylic acids is 2. The molecule has 1 amide bonds. The molecule has 2 aliphatic rings. The lowest BCUT2D eigenvalue weighted by atomic mass is 10.0. The summed E-state index contributed by atoms with van der Waals surface area (Å²) in [6.45, 7) is 0. The topological polar surface area (TPSA) is 46.6 Å². The van der Waals surface area contributed by atoms with Crippen LogP contribution in [0.15, 0.2) is 72.4 Å². The Kier molecular flexibility index (Phi) is 4.32. The number of fused-ring (bicyclic) bond motifs is 1. The second-order valence-corrected chi connectivity index (χ2v) is 7.16. The number of rotatable bonds is 4. The van der Waals surface area contributed by atoms with Crippen molar-refractivity contribution in [3.63, 3.8) is 0 Å². The average molecular weight is 351 g/mol. The van der Waals surface area contributed by atoms with E-state index in [2.05, 4.69) is 0 Å². The van der Waals surface area contributed by atoms with Gasteiger partial charge < -0.3 is 4.74 Å². The van der Waals surface area contributed by atoms with E-state index in [1.807, 2.05) is 60.7 Å². The number of β-lactam (4-membered cyclic amide) rings is 1. The summed E-state index contributed by atoms with van der Waals surface area (Å²) in [6, 6.07) is 19.3. The lowest BCUT2D eigenvalue weighted by Gasteiger charge is -2.42. The van der Waals surface area contributed by atoms with Crippen LogP contribution in [0, 0.1) is 0 Å². The van der Waals surface area contributed by atoms with Gasteiger partial charge in [-0.15, -0.1) is 11.8 Å². The highest BCUT2D eigenvalue weighted by atomic mass is 32.2. The first kappa shape index (κ1) is 16.0. The lowest BCUT2D eigenvalue weighted by Crippen LogP contribution is -2.53. The standard InChI is InChI=1S/C20H17NO3S/c22-17-13-18-21(17)16(11-12-25-18)20(23)24-19(14-7-3-1-4-8-14)15-9-5-2-6-10-15/h1-11,18-19H,12-13H2/t18-/m0/s1. The maximum atomic E-state index is 12.8. The third kappa shape index (κ3) is 3.07. The van der Waals surface area contributed by atoms with Gasteiger partial charge >= 0.3 is 5.97 Å². The molecule has 2 aromatic carbocycles. The van der Waals surface area contributed by atoms with Gasteiger partial charge in [-0.2, -0.15) is 0 Å². The first-order valence-electron chi connectivity index (χ1n) is 8.19. The zero-order chi connectivity index (χ0) is 17.2. The Labute approximate surface area is 150 Å². The molecule has 0 N–H and O–H groups in total. The van der Waals surface area contributed by atoms with Gasteiger partial charge in [-0.25, -0.2) is 4.79 Å². The highest BCUT2D eigenvalue weighted by molar-refractivity contribution is 8.00. The Morgan fingerprint density at radius 2 is 1.64 bits per heavy atom. The molecule has 2 heterocycles. The number of esters is 1. The number of hydrogen-bond donors (Lipinski definition) is 0. The van der Waals surface area contributed by atoms with E-state index in [9.17, 15) is 9.59 Å². The van der Waals surface area contributed by atoms with E-state index >= 15 is 0 Å². The number of amides is 1. The quantitative estimate of drug-likeness (QED) is 0.625. The SMILES string of the molecule is O=C(OC(c1ccccc1)c1ccccc1)C1=CCS[C@H]2CC(=O)N12. The largest absolute Gasteiger partial charge is 0.448 e. The fourth-order valence-corrected chi connectivity index (χ4v) is 4.20. The van der Waals surface area contributed by atoms with Crippen LogP contribution >= 0.6 is 11.8 Å². The molecule has 25 heavy (non-hydrogen) atoms. The monoisotopic (exact) mass is 351 g/mol. The van der Waals surface area contributed by atoms with Gasteiger partial charge in [0.05, 0.1) is 11.8 Å². The van der Waals surface area contributed by atoms with Gasteiger partial charge in [0.25, 0.3) is 0 Å². The summed E-state index contributed by atoms with van der Waals surface area (Å²) in [4.78, 5) is 26.2. The first-order valence-corrected chi connectivity index (χ1v) is 9.23. The van der Waals surface area contributed by atoms with E-state index in [0.29, 0.717) is 12.1 Å². The smallest absolute Gasteiger partial charge is 0.355 e. The maximum Gasteiger partial charge on any atom is 0.355 e. The third-order valence-electron chi connectivity index (χ3n) is 4.37. The Bertz CT molecular complexity index is 780. The molecular weight excluding hydrogens is 334 g/mol. The third-order valence-corrected chi connectivity index (χ3v) is 5.49. The number of carbonyl (C=O) groups is 2. The summed E-state index contributed by atoms with van der Waals surface area (Å²) in [5.74, 6) is 0.257. The Morgan fingerprint density at radius 1 is 1.04 bits per heavy atom. The molecule has 0 aromatic heterocycles. The minimum atomic E-state index is -0.500. The van der Waals surface area contributed by atoms with Crippen molar-refractivity contribution >= 4 is 23.6 Å². The Morgan fingerprint density at radius 3 is 2.20 bits per heavy atom. The molecule has 0 spiro atoms. The van der Waals surface area contributed by atoms with Crippen molar-refractivity contribution in [3.05, 3.63) is 83.6 Å². The van der Waals surface area contributed by atoms with Crippen molar-refractivity contribution in [2.45, 2.75) is 17.9 Å². The zero-order valence-corrected chi connectivity index (χ0v) is 14.3. The van der Waals surface area contributed by atoms with Crippen LogP contribution in [-0.2, 0) is 14.3 Å². The highest BCUT2D eigenvalue weighted by Crippen LogP contribution is 2.38. The number of thioether (sulfide) groups is 1. The molecule has 0 radical (unpaired) electrons. The van der Waals surface area contributed by atoms with Crippen molar-refractivity contribution in [2.75, 3.05) is 5.75 Å². The predicted molar refractivity (Wildman–Crippen MR) is 96.6 cm³/mol. The first-order chi connectivity index (χ1) is 12.2. The van der Waals surface area contributed by atoms with Crippen LogP contribution in [0.3, 0.4) is 0 Å². The second kappa shape index (κ2) is 6.76. The van der Waals surface area contributed by atoms with Crippen molar-refractivity contribution in [1.29, 1.82) is 0 Å². The van der Waals surface area contributed by atoms with Crippen LogP contribution in [0.2, 0.25) is 0 Å². The molecule has 2 aromatic rings. The van der Waals surface area contributed by atoms with Crippen LogP contribution in [0.4, 0.5) is 0 Å². The summed E-state index contributed by atoms with van der Waals surface area (Å²) in [5.41, 5.74) is 2.18. The Hall–Kier alpha value is -2.53. The van der Waals surface area contributed by atoms with E-state index in [1.54, 1.807) is 22.7 Å². The molecule has 126 valence electrons. The molecule has 1 atom stereocenters. The van der Waals surface area contributed by atoms with Gasteiger partial charge in [-0.1, -0.05) is 60.7 Å². The van der Waals surface area contributed by atoms with E-state index < -0.39 is 12.1 Å². The molecule has 4 nitrogen and oxygen atoms in total. The number of nitrogens with zero attached hydrogens (tertiary/aromatic N) is 1. The minimum absolute atomic E-state index is 0.0172. The molecular formula is C20H17NO3S. The van der Waals surface area contributed by atoms with Crippen LogP contribution in [0.5, 0.6) is 0 Å². The van der Waals surface area contributed by atoms with Gasteiger partial charge in [-0.3, -0.25) is 9.69 Å². The van der Waals surface area contributed by atoms with Crippen LogP contribution in [0.25, 0.3) is 0 Å². The normalized spacial score (nSPS) is 19.1. The minimum Gasteiger partial charge on any atom is -0.448 e. The molecule has 1 saturated heterocycles. The fraction of sp³-hybridized carbons (Fsp3) is 0.200. The van der Waals surface area contributed by atoms with Crippen LogP contribution < -0.4 is 0 Å². The van der Waals surface area contributed by atoms with Gasteiger partial charge in [0.15, 0.2) is 6.10 Å². The summed E-state index contributed by atoms with van der Waals surface area (Å²) < 4.78 is 5.85. The molecule has 1 fully saturated rings. The van der Waals surface area contributed by atoms with E-state index in [0.717, 1.165) is 16.9 Å². The molecule has 0 bridgehead atoms. The number of hydrogen-bond acceptors (Lipinski definition) is 4. The summed E-state index contributed by atoms with van der Waals surface area (Å²) in [7, 11) is 0. The van der Waals surface area contributed by atoms with Crippen molar-refractivity contribution in [3.8, 4) is 0 Å². The van der Waals surface area contributed by atoms with Gasteiger partial charge in [0.2, 0.25) is 5.91 Å². The molecule has 2 aliphatic heterocycles. The van der Waals surface area contributed by atoms with E-state index in [4.69, 9.17) is 4.74 Å². The van der Waals surface area contributed by atoms with Crippen molar-refractivity contribution < 1.29 is 14.3 Å². The van der Waals surface area contributed by atoms with E-state index in [1.165, 1.54) is 0 Å². The Balaban J connectivity index is 1.62. The molecule has 0 saturated carbocycles. The zero-order valence-electron chi connectivity index (χ0n) is 13.5. The van der Waals surface area contributed by atoms with Crippen LogP contribution in [0.1, 0.15) is 23.7 Å². The van der Waals surface area contributed by atoms with Gasteiger partial charge in [0.1, 0.15) is 5.70 Å². The second-order valence-electron chi connectivity index (χ2n) is 5.95. The van der Waals surface area contributed by atoms with Gasteiger partial charge in [-0.05, 0) is 17.2 Å². The molecule has 0 unspecified atom stereocenters. The lowest BCUT2D eigenvalue weighted by molar-refractivity contribution is -0.151. The number of benzene rings is 2. The summed E-state index contributed by atoms with van der Waals surface area (Å²) >= 11 is 1.67. The van der Waals surface area contributed by atoms with Crippen LogP contribution in [-0.4, -0.2) is 27.9 Å². The van der Waals surface area contributed by atoms with Crippen molar-refractivity contribution in [1.82, 2.24) is 4.90 Å². The molecule has 0 aliphatic carbocycles. The van der Waals surface area contributed by atoms with E-state index in [-0.39, 0.29) is 11.3 Å². The molecule has 5 heteroatoms. The molecule has 4 rings (SSSR count). The number of ether oxygens (including phenoxy) is 1. The average Bonchev–Trinajstić information content (AvgIpc) is 2.66. The maximum absolute atomic E-state index is 12.8. The predicted octanol–water partition coefficient (Wildman–Crippen LogP) is 3.51. The summed E-state index contributed by atoms with van der Waals surface area (Å²) in [5, 5.41) is 0.0759. The fourth-order valence-electron chi connectivity index (χ4n) is 3.08. The highest BCUT2D eigenvalue weighted by Gasteiger charge is 2.43.